The van der Waals surface area contributed by atoms with Crippen LogP contribution < -0.4 is 9.47 Å². The van der Waals surface area contributed by atoms with Crippen LogP contribution in [-0.4, -0.2) is 32.2 Å². The largest absolute Gasteiger partial charge is 0.493 e. The van der Waals surface area contributed by atoms with Gasteiger partial charge >= 0.3 is 0 Å². The van der Waals surface area contributed by atoms with Gasteiger partial charge < -0.3 is 9.47 Å². The maximum Gasteiger partial charge on any atom is 0.166 e. The number of para-hydroxylation sites is 1. The summed E-state index contributed by atoms with van der Waals surface area (Å²) in [6.07, 6.45) is 2.04. The lowest BCUT2D eigenvalue weighted by molar-refractivity contribution is 0.231. The Morgan fingerprint density at radius 1 is 1.15 bits per heavy atom. The molecule has 4 nitrogen and oxygen atoms in total. The van der Waals surface area contributed by atoms with Crippen molar-refractivity contribution in [2.75, 3.05) is 27.3 Å². The van der Waals surface area contributed by atoms with Gasteiger partial charge in [-0.05, 0) is 32.0 Å². The monoisotopic (exact) mass is 276 g/mol. The summed E-state index contributed by atoms with van der Waals surface area (Å²) in [5.41, 5.74) is 0.872. The first kappa shape index (κ1) is 16.3. The van der Waals surface area contributed by atoms with E-state index in [4.69, 9.17) is 9.47 Å². The fourth-order valence-corrected chi connectivity index (χ4v) is 2.42. The predicted molar refractivity (Wildman–Crippen MR) is 80.1 cm³/mol. The lowest BCUT2D eigenvalue weighted by Crippen LogP contribution is -2.30. The minimum absolute atomic E-state index is 0.306. The Labute approximate surface area is 121 Å². The first-order valence-corrected chi connectivity index (χ1v) is 7.07. The third-order valence-electron chi connectivity index (χ3n) is 3.24. The van der Waals surface area contributed by atoms with Crippen LogP contribution >= 0.6 is 0 Å². The van der Waals surface area contributed by atoms with Gasteiger partial charge in [-0.25, -0.2) is 0 Å². The van der Waals surface area contributed by atoms with Crippen molar-refractivity contribution in [1.29, 1.82) is 5.26 Å². The van der Waals surface area contributed by atoms with Gasteiger partial charge in [-0.2, -0.15) is 5.26 Å². The van der Waals surface area contributed by atoms with E-state index in [2.05, 4.69) is 24.8 Å². The molecule has 1 atom stereocenters. The highest BCUT2D eigenvalue weighted by Gasteiger charge is 2.24. The molecule has 0 aliphatic heterocycles. The van der Waals surface area contributed by atoms with E-state index in [0.29, 0.717) is 11.5 Å². The average molecular weight is 276 g/mol. The molecular formula is C16H24N2O2. The number of ether oxygens (including phenoxy) is 2. The van der Waals surface area contributed by atoms with Gasteiger partial charge in [0.1, 0.15) is 6.04 Å². The molecule has 0 aromatic heterocycles. The molecular weight excluding hydrogens is 252 g/mol. The molecule has 1 aromatic carbocycles. The highest BCUT2D eigenvalue weighted by atomic mass is 16.5. The van der Waals surface area contributed by atoms with Crippen molar-refractivity contribution >= 4 is 0 Å². The SMILES string of the molecule is CCCN(CCC)C(C#N)c1cccc(OC)c1OC. The summed E-state index contributed by atoms with van der Waals surface area (Å²) in [5.74, 6) is 1.32. The number of nitriles is 1. The molecule has 110 valence electrons. The van der Waals surface area contributed by atoms with Crippen LogP contribution in [0.5, 0.6) is 11.5 Å². The second-order valence-electron chi connectivity index (χ2n) is 4.65. The van der Waals surface area contributed by atoms with E-state index in [-0.39, 0.29) is 6.04 Å². The van der Waals surface area contributed by atoms with Crippen molar-refractivity contribution in [3.05, 3.63) is 23.8 Å². The number of hydrogen-bond donors (Lipinski definition) is 0. The first-order chi connectivity index (χ1) is 9.73. The lowest BCUT2D eigenvalue weighted by atomic mass is 10.0. The molecule has 0 aliphatic rings. The molecule has 1 aromatic rings. The van der Waals surface area contributed by atoms with Crippen LogP contribution in [0.2, 0.25) is 0 Å². The molecule has 0 N–H and O–H groups in total. The van der Waals surface area contributed by atoms with Gasteiger partial charge in [-0.1, -0.05) is 26.0 Å². The molecule has 1 rings (SSSR count). The average Bonchev–Trinajstić information content (AvgIpc) is 2.48. The first-order valence-electron chi connectivity index (χ1n) is 7.07. The van der Waals surface area contributed by atoms with Crippen molar-refractivity contribution in [2.45, 2.75) is 32.7 Å². The molecule has 0 bridgehead atoms. The zero-order valence-electron chi connectivity index (χ0n) is 12.8. The maximum absolute atomic E-state index is 9.60. The van der Waals surface area contributed by atoms with E-state index in [1.54, 1.807) is 14.2 Å². The summed E-state index contributed by atoms with van der Waals surface area (Å²) in [4.78, 5) is 2.19. The van der Waals surface area contributed by atoms with Gasteiger partial charge in [0.15, 0.2) is 11.5 Å². The van der Waals surface area contributed by atoms with Crippen LogP contribution in [0.25, 0.3) is 0 Å². The molecule has 0 spiro atoms. The Morgan fingerprint density at radius 3 is 2.25 bits per heavy atom. The van der Waals surface area contributed by atoms with Crippen molar-refractivity contribution in [3.63, 3.8) is 0 Å². The molecule has 0 fully saturated rings. The number of nitrogens with zero attached hydrogens (tertiary/aromatic N) is 2. The summed E-state index contributed by atoms with van der Waals surface area (Å²) in [7, 11) is 3.22. The van der Waals surface area contributed by atoms with E-state index in [9.17, 15) is 5.26 Å². The zero-order valence-corrected chi connectivity index (χ0v) is 12.8. The fourth-order valence-electron chi connectivity index (χ4n) is 2.42. The van der Waals surface area contributed by atoms with E-state index >= 15 is 0 Å². The molecule has 20 heavy (non-hydrogen) atoms. The van der Waals surface area contributed by atoms with E-state index in [1.807, 2.05) is 18.2 Å². The van der Waals surface area contributed by atoms with Crippen LogP contribution in [0, 0.1) is 11.3 Å². The molecule has 1 unspecified atom stereocenters. The highest BCUT2D eigenvalue weighted by molar-refractivity contribution is 5.49. The van der Waals surface area contributed by atoms with Gasteiger partial charge in [0.05, 0.1) is 20.3 Å². The minimum Gasteiger partial charge on any atom is -0.493 e. The van der Waals surface area contributed by atoms with Gasteiger partial charge in [0.2, 0.25) is 0 Å². The Balaban J connectivity index is 3.20. The Morgan fingerprint density at radius 2 is 1.80 bits per heavy atom. The van der Waals surface area contributed by atoms with Gasteiger partial charge in [-0.15, -0.1) is 0 Å². The van der Waals surface area contributed by atoms with Crippen molar-refractivity contribution in [2.24, 2.45) is 0 Å². The van der Waals surface area contributed by atoms with Crippen molar-refractivity contribution < 1.29 is 9.47 Å². The van der Waals surface area contributed by atoms with E-state index in [1.165, 1.54) is 0 Å². The molecule has 0 heterocycles. The molecule has 0 amide bonds. The van der Waals surface area contributed by atoms with Crippen molar-refractivity contribution in [3.8, 4) is 17.6 Å². The number of hydrogen-bond acceptors (Lipinski definition) is 4. The standard InChI is InChI=1S/C16H24N2O2/c1-5-10-18(11-6-2)14(12-17)13-8-7-9-15(19-3)16(13)20-4/h7-9,14H,5-6,10-11H2,1-4H3. The Hall–Kier alpha value is -1.73. The van der Waals surface area contributed by atoms with Crippen LogP contribution in [0.3, 0.4) is 0 Å². The van der Waals surface area contributed by atoms with E-state index in [0.717, 1.165) is 31.5 Å². The molecule has 0 aliphatic carbocycles. The summed E-state index contributed by atoms with van der Waals surface area (Å²) < 4.78 is 10.8. The van der Waals surface area contributed by atoms with Crippen LogP contribution in [0.15, 0.2) is 18.2 Å². The van der Waals surface area contributed by atoms with Crippen LogP contribution in [0.1, 0.15) is 38.3 Å². The highest BCUT2D eigenvalue weighted by Crippen LogP contribution is 2.36. The second kappa shape index (κ2) is 8.44. The Bertz CT molecular complexity index is 448. The fraction of sp³-hybridized carbons (Fsp3) is 0.562. The zero-order chi connectivity index (χ0) is 15.0. The van der Waals surface area contributed by atoms with Crippen LogP contribution in [0.4, 0.5) is 0 Å². The number of rotatable bonds is 8. The van der Waals surface area contributed by atoms with Crippen molar-refractivity contribution in [1.82, 2.24) is 4.90 Å². The maximum atomic E-state index is 9.60. The normalized spacial score (nSPS) is 12.0. The Kier molecular flexibility index (Phi) is 6.89. The van der Waals surface area contributed by atoms with Crippen LogP contribution in [-0.2, 0) is 0 Å². The van der Waals surface area contributed by atoms with Gasteiger partial charge in [0.25, 0.3) is 0 Å². The summed E-state index contributed by atoms with van der Waals surface area (Å²) in [5, 5.41) is 9.60. The molecule has 0 saturated heterocycles. The number of benzene rings is 1. The summed E-state index contributed by atoms with van der Waals surface area (Å²) in [6.45, 7) is 6.04. The van der Waals surface area contributed by atoms with Gasteiger partial charge in [-0.3, -0.25) is 4.90 Å². The topological polar surface area (TPSA) is 45.5 Å². The molecule has 0 saturated carbocycles. The lowest BCUT2D eigenvalue weighted by Gasteiger charge is -2.28. The third-order valence-corrected chi connectivity index (χ3v) is 3.24. The third kappa shape index (κ3) is 3.64. The smallest absolute Gasteiger partial charge is 0.166 e. The quantitative estimate of drug-likeness (QED) is 0.730. The number of methoxy groups -OCH3 is 2. The second-order valence-corrected chi connectivity index (χ2v) is 4.65. The summed E-state index contributed by atoms with van der Waals surface area (Å²) >= 11 is 0. The van der Waals surface area contributed by atoms with E-state index < -0.39 is 0 Å². The molecule has 0 radical (unpaired) electrons. The predicted octanol–water partition coefficient (Wildman–Crippen LogP) is 3.39. The van der Waals surface area contributed by atoms with Gasteiger partial charge in [0, 0.05) is 5.56 Å². The summed E-state index contributed by atoms with van der Waals surface area (Å²) in [6, 6.07) is 7.78. The molecule has 4 heteroatoms. The minimum atomic E-state index is -0.306.